The average Bonchev–Trinajstić information content (AvgIpc) is 3.74. The summed E-state index contributed by atoms with van der Waals surface area (Å²) in [5.41, 5.74) is 1.22. The van der Waals surface area contributed by atoms with Gasteiger partial charge < -0.3 is 9.84 Å². The number of carboxylic acid groups (broad SMARTS) is 1. The molecule has 300 valence electrons. The zero-order valence-corrected chi connectivity index (χ0v) is 33.5. The number of aliphatic carboxylic acids is 1. The molecule has 0 bridgehead atoms. The van der Waals surface area contributed by atoms with Crippen molar-refractivity contribution in [3.63, 3.8) is 0 Å². The molecule has 1 N–H and O–H groups in total. The molecule has 56 heavy (non-hydrogen) atoms. The van der Waals surface area contributed by atoms with Gasteiger partial charge in [-0.1, -0.05) is 24.6 Å². The van der Waals surface area contributed by atoms with Crippen LogP contribution in [0, 0.1) is 26.2 Å². The lowest BCUT2D eigenvalue weighted by Crippen LogP contribution is -2.39. The van der Waals surface area contributed by atoms with Gasteiger partial charge >= 0.3 is 23.8 Å². The van der Waals surface area contributed by atoms with Crippen LogP contribution in [0.15, 0.2) is 41.4 Å². The van der Waals surface area contributed by atoms with Gasteiger partial charge in [-0.15, -0.1) is 10.2 Å². The molecule has 2 aliphatic heterocycles. The van der Waals surface area contributed by atoms with Crippen LogP contribution >= 0.6 is 0 Å². The number of sulfonamides is 1. The van der Waals surface area contributed by atoms with Gasteiger partial charge in [0.15, 0.2) is 10.5 Å². The minimum atomic E-state index is -4.74. The van der Waals surface area contributed by atoms with Gasteiger partial charge in [0.05, 0.1) is 18.7 Å². The van der Waals surface area contributed by atoms with Crippen molar-refractivity contribution in [3.8, 4) is 5.88 Å². The summed E-state index contributed by atoms with van der Waals surface area (Å²) in [6.07, 6.45) is 1.35. The minimum absolute atomic E-state index is 0.0197. The number of alkyl halides is 3. The third kappa shape index (κ3) is 7.19. The molecule has 0 unspecified atom stereocenters. The van der Waals surface area contributed by atoms with E-state index in [1.54, 1.807) is 39.0 Å². The van der Waals surface area contributed by atoms with E-state index < -0.39 is 44.9 Å². The fraction of sp³-hybridized carbons (Fsp3) is 0.525. The Kier molecular flexibility index (Phi) is 10.1. The van der Waals surface area contributed by atoms with Gasteiger partial charge in [0.2, 0.25) is 5.82 Å². The van der Waals surface area contributed by atoms with Gasteiger partial charge in [0.25, 0.3) is 10.0 Å². The van der Waals surface area contributed by atoms with Crippen LogP contribution < -0.4 is 4.74 Å². The molecule has 1 aliphatic carbocycles. The van der Waals surface area contributed by atoms with Crippen LogP contribution in [0.3, 0.4) is 0 Å². The van der Waals surface area contributed by atoms with Crippen molar-refractivity contribution < 1.29 is 40.8 Å². The molecule has 7 rings (SSSR count). The lowest BCUT2D eigenvalue weighted by Gasteiger charge is -2.33. The highest BCUT2D eigenvalue weighted by molar-refractivity contribution is 7.89. The Hall–Kier alpha value is -4.41. The van der Waals surface area contributed by atoms with Crippen molar-refractivity contribution in [1.29, 1.82) is 0 Å². The van der Waals surface area contributed by atoms with Crippen LogP contribution in [0.4, 0.5) is 19.0 Å². The molecule has 2 atom stereocenters. The van der Waals surface area contributed by atoms with E-state index in [1.807, 2.05) is 24.5 Å². The normalized spacial score (nSPS) is 19.6. The maximum Gasteiger partial charge on any atom is 0.452 e. The summed E-state index contributed by atoms with van der Waals surface area (Å²) in [7, 11) is -4.15. The minimum Gasteiger partial charge on any atom is -0.481 e. The van der Waals surface area contributed by atoms with Gasteiger partial charge in [0.1, 0.15) is 11.6 Å². The van der Waals surface area contributed by atoms with E-state index in [4.69, 9.17) is 9.72 Å². The highest BCUT2D eigenvalue weighted by Crippen LogP contribution is 2.48. The standard InChI is InChI=1S/C40H48F3N7O5S/c1-24-11-12-28(32(38(5,6)37(51)52)30-13-18-50-34(27(30)4)45-46-36(50)40(41,42)43)20-29(24)22-49-23-39(14-15-39)55-35-31(56(49,53)54)19-25(2)33(44-35)47(7)26(3)21-48-16-9-8-10-17-48/h11-13,18-20,26,32H,7-10,14-17,21-23H2,1-6H3/p+1/t26-,32+/m0/s1. The number of piperidine rings is 1. The van der Waals surface area contributed by atoms with Crippen LogP contribution in [-0.2, 0) is 27.5 Å². The van der Waals surface area contributed by atoms with E-state index >= 15 is 0 Å². The Morgan fingerprint density at radius 1 is 1.05 bits per heavy atom. The Balaban J connectivity index is 1.24. The molecule has 0 radical (unpaired) electrons. The van der Waals surface area contributed by atoms with Crippen LogP contribution in [0.5, 0.6) is 5.88 Å². The molecular weight excluding hydrogens is 748 g/mol. The second-order valence-corrected chi connectivity index (χ2v) is 18.3. The highest BCUT2D eigenvalue weighted by atomic mass is 32.2. The average molecular weight is 797 g/mol. The number of hydrogen-bond donors (Lipinski definition) is 1. The Bertz CT molecular complexity index is 2330. The van der Waals surface area contributed by atoms with Crippen LogP contribution in [-0.4, -0.2) is 97.4 Å². The summed E-state index contributed by atoms with van der Waals surface area (Å²) in [5.74, 6) is -2.53. The number of rotatable bonds is 10. The number of hydrogen-bond acceptors (Lipinski definition) is 8. The smallest absolute Gasteiger partial charge is 0.452 e. The predicted octanol–water partition coefficient (Wildman–Crippen LogP) is 6.65. The summed E-state index contributed by atoms with van der Waals surface area (Å²) in [5, 5.41) is 17.7. The fourth-order valence-electron chi connectivity index (χ4n) is 8.20. The number of likely N-dealkylation sites (tertiary alicyclic amines) is 1. The van der Waals surface area contributed by atoms with E-state index in [9.17, 15) is 31.5 Å². The van der Waals surface area contributed by atoms with Crippen LogP contribution in [0.2, 0.25) is 0 Å². The maximum absolute atomic E-state index is 14.6. The molecule has 0 amide bonds. The molecule has 5 heterocycles. The molecule has 3 aromatic heterocycles. The number of carbonyl (C=O) groups is 1. The maximum atomic E-state index is 14.6. The van der Waals surface area contributed by atoms with Gasteiger partial charge in [-0.2, -0.15) is 17.5 Å². The number of nitrogens with zero attached hydrogens (tertiary/aromatic N) is 7. The summed E-state index contributed by atoms with van der Waals surface area (Å²) in [6, 6.07) is 8.52. The fourth-order valence-corrected chi connectivity index (χ4v) is 9.83. The lowest BCUT2D eigenvalue weighted by atomic mass is 9.70. The van der Waals surface area contributed by atoms with Gasteiger partial charge in [-0.3, -0.25) is 14.1 Å². The summed E-state index contributed by atoms with van der Waals surface area (Å²) in [6.45, 7) is 17.8. The van der Waals surface area contributed by atoms with E-state index in [-0.39, 0.29) is 35.6 Å². The molecule has 1 aromatic carbocycles. The van der Waals surface area contributed by atoms with Gasteiger partial charge in [-0.05, 0) is 125 Å². The van der Waals surface area contributed by atoms with Crippen molar-refractivity contribution in [3.05, 3.63) is 75.7 Å². The Morgan fingerprint density at radius 2 is 1.75 bits per heavy atom. The first-order valence-electron chi connectivity index (χ1n) is 19.0. The van der Waals surface area contributed by atoms with Crippen LogP contribution in [0.1, 0.15) is 98.0 Å². The zero-order chi connectivity index (χ0) is 40.5. The number of carboxylic acids is 1. The van der Waals surface area contributed by atoms with Crippen molar-refractivity contribution in [2.24, 2.45) is 5.41 Å². The molecule has 16 heteroatoms. The molecular formula is C40H49F3N7O5S+. The lowest BCUT2D eigenvalue weighted by molar-refractivity contribution is -0.477. The van der Waals surface area contributed by atoms with Crippen molar-refractivity contribution in [2.45, 2.75) is 109 Å². The summed E-state index contributed by atoms with van der Waals surface area (Å²) in [4.78, 5) is 20.1. The van der Waals surface area contributed by atoms with Gasteiger partial charge in [-0.25, -0.2) is 13.0 Å². The quantitative estimate of drug-likeness (QED) is 0.139. The third-order valence-electron chi connectivity index (χ3n) is 11.9. The number of halogens is 3. The molecule has 3 aliphatic rings. The van der Waals surface area contributed by atoms with Crippen molar-refractivity contribution in [1.82, 2.24) is 28.8 Å². The molecule has 2 fully saturated rings. The number of aromatic nitrogens is 4. The second kappa shape index (κ2) is 14.2. The topological polar surface area (TPSA) is 133 Å². The van der Waals surface area contributed by atoms with Crippen molar-refractivity contribution >= 4 is 34.2 Å². The number of ether oxygens (including phenoxy) is 1. The van der Waals surface area contributed by atoms with E-state index in [0.717, 1.165) is 29.6 Å². The Labute approximate surface area is 325 Å². The highest BCUT2D eigenvalue weighted by Gasteiger charge is 2.54. The predicted molar refractivity (Wildman–Crippen MR) is 203 cm³/mol. The van der Waals surface area contributed by atoms with Crippen LogP contribution in [0.25, 0.3) is 5.65 Å². The number of aryl methyl sites for hydroxylation is 3. The first-order valence-corrected chi connectivity index (χ1v) is 20.4. The van der Waals surface area contributed by atoms with Gasteiger partial charge in [0, 0.05) is 30.8 Å². The third-order valence-corrected chi connectivity index (χ3v) is 13.6. The molecule has 4 aromatic rings. The zero-order valence-electron chi connectivity index (χ0n) is 32.6. The molecule has 12 nitrogen and oxygen atoms in total. The first kappa shape index (κ1) is 39.8. The molecule has 1 saturated heterocycles. The van der Waals surface area contributed by atoms with E-state index in [1.165, 1.54) is 35.8 Å². The molecule has 1 saturated carbocycles. The van der Waals surface area contributed by atoms with E-state index in [2.05, 4.69) is 28.7 Å². The first-order chi connectivity index (χ1) is 26.2. The Morgan fingerprint density at radius 3 is 2.39 bits per heavy atom. The van der Waals surface area contributed by atoms with E-state index in [0.29, 0.717) is 46.5 Å². The monoisotopic (exact) mass is 796 g/mol. The number of pyridine rings is 2. The largest absolute Gasteiger partial charge is 0.481 e. The van der Waals surface area contributed by atoms with Crippen molar-refractivity contribution in [2.75, 3.05) is 26.2 Å². The summed E-state index contributed by atoms with van der Waals surface area (Å²) >= 11 is 0. The number of fused-ring (bicyclic) bond motifs is 2. The SMILES string of the molecule is C=[N+](c1nc2c(cc1C)S(=O)(=O)N(Cc1cc([C@H](c3ccn4c(C(F)(F)F)nnc4c3C)C(C)(C)C(=O)O)ccc1C)CC1(CC1)O2)[C@@H](C)CN1CCCCC1. The summed E-state index contributed by atoms with van der Waals surface area (Å²) < 4.78 is 80.9. The molecule has 1 spiro atoms. The second-order valence-electron chi connectivity index (χ2n) is 16.4. The number of benzene rings is 1.